The number of hydrogen-bond donors (Lipinski definition) is 0. The van der Waals surface area contributed by atoms with Crippen LogP contribution < -0.4 is 0 Å². The van der Waals surface area contributed by atoms with E-state index in [0.29, 0.717) is 0 Å². The lowest BCUT2D eigenvalue weighted by atomic mass is 9.98. The number of aryl methyl sites for hydroxylation is 2. The van der Waals surface area contributed by atoms with Gasteiger partial charge in [0.15, 0.2) is 5.78 Å². The van der Waals surface area contributed by atoms with Crippen LogP contribution in [-0.2, 0) is 12.8 Å². The van der Waals surface area contributed by atoms with Crippen LogP contribution in [0.5, 0.6) is 0 Å². The van der Waals surface area contributed by atoms with Gasteiger partial charge in [-0.2, -0.15) is 0 Å². The zero-order chi connectivity index (χ0) is 17.2. The molecule has 128 valence electrons. The minimum atomic E-state index is 0.121. The van der Waals surface area contributed by atoms with Crippen LogP contribution in [0.4, 0.5) is 0 Å². The average molecular weight is 322 g/mol. The third-order valence-corrected chi connectivity index (χ3v) is 4.57. The highest BCUT2D eigenvalue weighted by atomic mass is 16.1. The van der Waals surface area contributed by atoms with Crippen LogP contribution >= 0.6 is 0 Å². The van der Waals surface area contributed by atoms with Crippen LogP contribution in [-0.4, -0.2) is 5.78 Å². The van der Waals surface area contributed by atoms with Crippen molar-refractivity contribution in [2.45, 2.75) is 65.2 Å². The van der Waals surface area contributed by atoms with Gasteiger partial charge in [-0.15, -0.1) is 0 Å². The van der Waals surface area contributed by atoms with Gasteiger partial charge in [0.05, 0.1) is 0 Å². The molecule has 0 amide bonds. The largest absolute Gasteiger partial charge is 0.289 e. The van der Waals surface area contributed by atoms with Crippen molar-refractivity contribution < 1.29 is 4.79 Å². The van der Waals surface area contributed by atoms with Crippen molar-refractivity contribution in [3.05, 3.63) is 70.8 Å². The van der Waals surface area contributed by atoms with Crippen molar-refractivity contribution in [2.24, 2.45) is 0 Å². The number of ketones is 1. The Morgan fingerprint density at radius 1 is 0.625 bits per heavy atom. The van der Waals surface area contributed by atoms with Gasteiger partial charge in [-0.3, -0.25) is 4.79 Å². The van der Waals surface area contributed by atoms with Gasteiger partial charge in [0.1, 0.15) is 0 Å². The molecule has 0 N–H and O–H groups in total. The summed E-state index contributed by atoms with van der Waals surface area (Å²) in [7, 11) is 0. The first-order valence-corrected chi connectivity index (χ1v) is 9.47. The topological polar surface area (TPSA) is 17.1 Å². The lowest BCUT2D eigenvalue weighted by Crippen LogP contribution is -2.01. The van der Waals surface area contributed by atoms with Crippen molar-refractivity contribution in [1.82, 2.24) is 0 Å². The maximum Gasteiger partial charge on any atom is 0.193 e. The molecule has 0 aliphatic heterocycles. The Hall–Kier alpha value is -1.89. The standard InChI is InChI=1S/C23H30O/c1-3-5-7-9-19-11-15-21(16-12-19)23(24)22-17-13-20(14-18-22)10-8-6-4-2/h11-18H,3-10H2,1-2H3. The fourth-order valence-electron chi connectivity index (χ4n) is 2.97. The van der Waals surface area contributed by atoms with Crippen LogP contribution in [0.1, 0.15) is 79.4 Å². The van der Waals surface area contributed by atoms with Gasteiger partial charge in [0.25, 0.3) is 0 Å². The van der Waals surface area contributed by atoms with Crippen LogP contribution in [0.15, 0.2) is 48.5 Å². The van der Waals surface area contributed by atoms with Crippen LogP contribution in [0, 0.1) is 0 Å². The molecule has 2 rings (SSSR count). The molecule has 0 bridgehead atoms. The number of hydrogen-bond acceptors (Lipinski definition) is 1. The summed E-state index contributed by atoms with van der Waals surface area (Å²) in [4.78, 5) is 12.6. The third kappa shape index (κ3) is 5.63. The molecular weight excluding hydrogens is 292 g/mol. The summed E-state index contributed by atoms with van der Waals surface area (Å²) < 4.78 is 0. The Morgan fingerprint density at radius 2 is 1.00 bits per heavy atom. The van der Waals surface area contributed by atoms with E-state index in [2.05, 4.69) is 38.1 Å². The Morgan fingerprint density at radius 3 is 1.33 bits per heavy atom. The molecule has 0 saturated carbocycles. The van der Waals surface area contributed by atoms with Crippen LogP contribution in [0.3, 0.4) is 0 Å². The van der Waals surface area contributed by atoms with E-state index in [1.165, 1.54) is 49.7 Å². The smallest absolute Gasteiger partial charge is 0.193 e. The van der Waals surface area contributed by atoms with E-state index in [1.54, 1.807) is 0 Å². The van der Waals surface area contributed by atoms with Crippen LogP contribution in [0.2, 0.25) is 0 Å². The molecule has 2 aromatic rings. The molecule has 0 saturated heterocycles. The second-order valence-corrected chi connectivity index (χ2v) is 6.64. The second-order valence-electron chi connectivity index (χ2n) is 6.64. The predicted molar refractivity (Wildman–Crippen MR) is 103 cm³/mol. The first kappa shape index (κ1) is 18.4. The van der Waals surface area contributed by atoms with Crippen molar-refractivity contribution in [2.75, 3.05) is 0 Å². The summed E-state index contributed by atoms with van der Waals surface area (Å²) in [6, 6.07) is 16.3. The summed E-state index contributed by atoms with van der Waals surface area (Å²) in [5.41, 5.74) is 4.22. The van der Waals surface area contributed by atoms with Crippen molar-refractivity contribution >= 4 is 5.78 Å². The first-order valence-electron chi connectivity index (χ1n) is 9.47. The predicted octanol–water partition coefficient (Wildman–Crippen LogP) is 6.38. The van der Waals surface area contributed by atoms with E-state index < -0.39 is 0 Å². The molecule has 24 heavy (non-hydrogen) atoms. The normalized spacial score (nSPS) is 10.8. The Labute approximate surface area is 147 Å². The number of carbonyl (C=O) groups excluding carboxylic acids is 1. The maximum absolute atomic E-state index is 12.6. The summed E-state index contributed by atoms with van der Waals surface area (Å²) in [5.74, 6) is 0.121. The van der Waals surface area contributed by atoms with E-state index in [0.717, 1.165) is 24.0 Å². The Kier molecular flexibility index (Phi) is 7.74. The zero-order valence-electron chi connectivity index (χ0n) is 15.2. The maximum atomic E-state index is 12.6. The first-order chi connectivity index (χ1) is 11.7. The lowest BCUT2D eigenvalue weighted by molar-refractivity contribution is 0.103. The fourth-order valence-corrected chi connectivity index (χ4v) is 2.97. The quantitative estimate of drug-likeness (QED) is 0.366. The molecule has 0 aliphatic rings. The summed E-state index contributed by atoms with van der Waals surface area (Å²) in [5, 5.41) is 0. The van der Waals surface area contributed by atoms with Gasteiger partial charge < -0.3 is 0 Å². The SMILES string of the molecule is CCCCCc1ccc(C(=O)c2ccc(CCCCC)cc2)cc1. The van der Waals surface area contributed by atoms with E-state index in [-0.39, 0.29) is 5.78 Å². The van der Waals surface area contributed by atoms with Gasteiger partial charge in [-0.1, -0.05) is 88.1 Å². The van der Waals surface area contributed by atoms with E-state index in [4.69, 9.17) is 0 Å². The summed E-state index contributed by atoms with van der Waals surface area (Å²) in [6.07, 6.45) is 9.68. The number of benzene rings is 2. The summed E-state index contributed by atoms with van der Waals surface area (Å²) in [6.45, 7) is 4.44. The fraction of sp³-hybridized carbons (Fsp3) is 0.435. The van der Waals surface area contributed by atoms with Crippen molar-refractivity contribution in [1.29, 1.82) is 0 Å². The van der Waals surface area contributed by atoms with Gasteiger partial charge in [0, 0.05) is 11.1 Å². The molecular formula is C23H30O. The van der Waals surface area contributed by atoms with Crippen LogP contribution in [0.25, 0.3) is 0 Å². The molecule has 0 aromatic heterocycles. The third-order valence-electron chi connectivity index (χ3n) is 4.57. The molecule has 0 aliphatic carbocycles. The molecule has 0 unspecified atom stereocenters. The zero-order valence-corrected chi connectivity index (χ0v) is 15.2. The molecule has 0 spiro atoms. The molecule has 1 heteroatoms. The lowest BCUT2D eigenvalue weighted by Gasteiger charge is -2.06. The highest BCUT2D eigenvalue weighted by Crippen LogP contribution is 2.15. The molecule has 1 nitrogen and oxygen atoms in total. The molecule has 0 fully saturated rings. The number of unbranched alkanes of at least 4 members (excludes halogenated alkanes) is 4. The van der Waals surface area contributed by atoms with Gasteiger partial charge >= 0.3 is 0 Å². The van der Waals surface area contributed by atoms with Gasteiger partial charge in [0.2, 0.25) is 0 Å². The minimum Gasteiger partial charge on any atom is -0.289 e. The van der Waals surface area contributed by atoms with E-state index in [1.807, 2.05) is 24.3 Å². The van der Waals surface area contributed by atoms with Gasteiger partial charge in [-0.25, -0.2) is 0 Å². The van der Waals surface area contributed by atoms with Crippen molar-refractivity contribution in [3.63, 3.8) is 0 Å². The minimum absolute atomic E-state index is 0.121. The highest BCUT2D eigenvalue weighted by molar-refractivity contribution is 6.08. The van der Waals surface area contributed by atoms with Crippen molar-refractivity contribution in [3.8, 4) is 0 Å². The molecule has 2 aromatic carbocycles. The average Bonchev–Trinajstić information content (AvgIpc) is 2.63. The van der Waals surface area contributed by atoms with Gasteiger partial charge in [-0.05, 0) is 36.8 Å². The van der Waals surface area contributed by atoms with E-state index in [9.17, 15) is 4.79 Å². The number of carbonyl (C=O) groups is 1. The molecule has 0 heterocycles. The second kappa shape index (κ2) is 10.1. The Bertz CT molecular complexity index is 552. The highest BCUT2D eigenvalue weighted by Gasteiger charge is 2.09. The number of rotatable bonds is 10. The molecule has 0 atom stereocenters. The molecule has 0 radical (unpaired) electrons. The Balaban J connectivity index is 1.95. The van der Waals surface area contributed by atoms with E-state index >= 15 is 0 Å². The summed E-state index contributed by atoms with van der Waals surface area (Å²) >= 11 is 0. The monoisotopic (exact) mass is 322 g/mol.